The van der Waals surface area contributed by atoms with E-state index in [1.165, 1.54) is 0 Å². The molecule has 0 bridgehead atoms. The molecule has 1 atom stereocenters. The Morgan fingerprint density at radius 3 is 2.55 bits per heavy atom. The average molecular weight is 308 g/mol. The highest BCUT2D eigenvalue weighted by Crippen LogP contribution is 2.32. The molecule has 0 radical (unpaired) electrons. The Bertz CT molecular complexity index is 531. The molecule has 1 amide bonds. The van der Waals surface area contributed by atoms with E-state index in [0.717, 1.165) is 12.1 Å². The van der Waals surface area contributed by atoms with Crippen LogP contribution in [-0.4, -0.2) is 17.4 Å². The van der Waals surface area contributed by atoms with Crippen molar-refractivity contribution in [3.63, 3.8) is 0 Å². The summed E-state index contributed by atoms with van der Waals surface area (Å²) in [7, 11) is 0. The molecule has 1 unspecified atom stereocenters. The van der Waals surface area contributed by atoms with Crippen LogP contribution in [0.25, 0.3) is 0 Å². The predicted octanol–water partition coefficient (Wildman–Crippen LogP) is 2.50. The van der Waals surface area contributed by atoms with Gasteiger partial charge in [0.1, 0.15) is 5.82 Å². The number of carbonyl (C=O) groups is 1. The van der Waals surface area contributed by atoms with E-state index in [4.69, 9.17) is 5.73 Å². The molecule has 0 heterocycles. The summed E-state index contributed by atoms with van der Waals surface area (Å²) >= 11 is 4.69. The van der Waals surface area contributed by atoms with E-state index in [9.17, 15) is 22.4 Å². The molecular formula is C12H12F4N2OS. The van der Waals surface area contributed by atoms with Gasteiger partial charge in [-0.2, -0.15) is 13.2 Å². The highest BCUT2D eigenvalue weighted by molar-refractivity contribution is 7.80. The summed E-state index contributed by atoms with van der Waals surface area (Å²) in [6.45, 7) is 1.65. The lowest BCUT2D eigenvalue weighted by Gasteiger charge is -2.13. The molecule has 3 N–H and O–H groups in total. The van der Waals surface area contributed by atoms with Crippen LogP contribution in [0.5, 0.6) is 0 Å². The Balaban J connectivity index is 2.92. The zero-order chi connectivity index (χ0) is 15.5. The van der Waals surface area contributed by atoms with E-state index in [-0.39, 0.29) is 17.5 Å². The quantitative estimate of drug-likeness (QED) is 0.664. The Hall–Kier alpha value is -1.70. The van der Waals surface area contributed by atoms with Gasteiger partial charge in [-0.3, -0.25) is 4.79 Å². The maximum Gasteiger partial charge on any atom is 0.419 e. The van der Waals surface area contributed by atoms with Gasteiger partial charge in [-0.15, -0.1) is 0 Å². The third kappa shape index (κ3) is 3.89. The third-order valence-corrected chi connectivity index (χ3v) is 3.01. The Morgan fingerprint density at radius 2 is 2.05 bits per heavy atom. The van der Waals surface area contributed by atoms with Crippen molar-refractivity contribution < 1.29 is 22.4 Å². The standard InChI is InChI=1S/C12H12F4N2OS/c1-6(10(17)20)5-18-11(19)7-3-2-4-8(9(7)13)12(14,15)16/h2-4,6H,5H2,1H3,(H2,17,20)(H,18,19). The molecule has 0 aliphatic rings. The second-order valence-corrected chi connectivity index (χ2v) is 4.65. The second-order valence-electron chi connectivity index (χ2n) is 4.18. The number of rotatable bonds is 4. The van der Waals surface area contributed by atoms with Crippen LogP contribution in [-0.2, 0) is 6.18 Å². The Morgan fingerprint density at radius 1 is 1.45 bits per heavy atom. The largest absolute Gasteiger partial charge is 0.419 e. The van der Waals surface area contributed by atoms with E-state index < -0.39 is 29.0 Å². The van der Waals surface area contributed by atoms with Crippen molar-refractivity contribution in [2.24, 2.45) is 11.7 Å². The third-order valence-electron chi connectivity index (χ3n) is 2.60. The number of nitrogens with two attached hydrogens (primary N) is 1. The molecule has 1 rings (SSSR count). The summed E-state index contributed by atoms with van der Waals surface area (Å²) in [5, 5.41) is 2.29. The van der Waals surface area contributed by atoms with Gasteiger partial charge < -0.3 is 11.1 Å². The summed E-state index contributed by atoms with van der Waals surface area (Å²) < 4.78 is 51.2. The van der Waals surface area contributed by atoms with E-state index in [0.29, 0.717) is 6.07 Å². The van der Waals surface area contributed by atoms with Crippen LogP contribution in [0.2, 0.25) is 0 Å². The molecule has 1 aromatic rings. The van der Waals surface area contributed by atoms with Crippen molar-refractivity contribution in [3.8, 4) is 0 Å². The first-order valence-electron chi connectivity index (χ1n) is 5.57. The number of benzene rings is 1. The minimum absolute atomic E-state index is 0.0177. The smallest absolute Gasteiger partial charge is 0.393 e. The van der Waals surface area contributed by atoms with Gasteiger partial charge in [0.15, 0.2) is 0 Å². The fourth-order valence-electron chi connectivity index (χ4n) is 1.37. The lowest BCUT2D eigenvalue weighted by molar-refractivity contribution is -0.140. The number of thiocarbonyl (C=S) groups is 1. The molecule has 0 saturated heterocycles. The maximum absolute atomic E-state index is 13.7. The van der Waals surface area contributed by atoms with E-state index in [1.807, 2.05) is 0 Å². The zero-order valence-electron chi connectivity index (χ0n) is 10.4. The second kappa shape index (κ2) is 6.17. The van der Waals surface area contributed by atoms with Crippen LogP contribution in [0, 0.1) is 11.7 Å². The molecule has 0 fully saturated rings. The summed E-state index contributed by atoms with van der Waals surface area (Å²) in [5.41, 5.74) is 3.18. The molecule has 8 heteroatoms. The van der Waals surface area contributed by atoms with Gasteiger partial charge in [0, 0.05) is 12.5 Å². The van der Waals surface area contributed by atoms with Crippen LogP contribution in [0.3, 0.4) is 0 Å². The van der Waals surface area contributed by atoms with Crippen molar-refractivity contribution in [3.05, 3.63) is 35.1 Å². The van der Waals surface area contributed by atoms with Gasteiger partial charge in [0.25, 0.3) is 5.91 Å². The minimum Gasteiger partial charge on any atom is -0.393 e. The van der Waals surface area contributed by atoms with Gasteiger partial charge >= 0.3 is 6.18 Å². The first-order chi connectivity index (χ1) is 9.14. The SMILES string of the molecule is CC(CNC(=O)c1cccc(C(F)(F)F)c1F)C(N)=S. The molecular weight excluding hydrogens is 296 g/mol. The molecule has 0 aliphatic heterocycles. The maximum atomic E-state index is 13.7. The van der Waals surface area contributed by atoms with Crippen LogP contribution < -0.4 is 11.1 Å². The number of amides is 1. The average Bonchev–Trinajstić information content (AvgIpc) is 2.34. The van der Waals surface area contributed by atoms with Crippen LogP contribution in [0.15, 0.2) is 18.2 Å². The number of carbonyl (C=O) groups excluding carboxylic acids is 1. The van der Waals surface area contributed by atoms with Gasteiger partial charge in [-0.1, -0.05) is 25.2 Å². The topological polar surface area (TPSA) is 55.1 Å². The Kier molecular flexibility index (Phi) is 5.04. The molecule has 3 nitrogen and oxygen atoms in total. The van der Waals surface area contributed by atoms with Gasteiger partial charge in [0.05, 0.1) is 16.1 Å². The van der Waals surface area contributed by atoms with Gasteiger partial charge in [0.2, 0.25) is 0 Å². The number of halogens is 4. The molecule has 1 aromatic carbocycles. The van der Waals surface area contributed by atoms with Crippen molar-refractivity contribution in [1.29, 1.82) is 0 Å². The molecule has 0 aliphatic carbocycles. The fourth-order valence-corrected chi connectivity index (χ4v) is 1.45. The molecule has 0 saturated carbocycles. The van der Waals surface area contributed by atoms with E-state index in [1.54, 1.807) is 6.92 Å². The summed E-state index contributed by atoms with van der Waals surface area (Å²) in [6.07, 6.45) is -4.85. The summed E-state index contributed by atoms with van der Waals surface area (Å²) in [6, 6.07) is 2.52. The number of hydrogen-bond acceptors (Lipinski definition) is 2. The number of hydrogen-bond donors (Lipinski definition) is 2. The lowest BCUT2D eigenvalue weighted by Crippen LogP contribution is -2.34. The van der Waals surface area contributed by atoms with Crippen LogP contribution in [0.1, 0.15) is 22.8 Å². The van der Waals surface area contributed by atoms with E-state index in [2.05, 4.69) is 17.5 Å². The van der Waals surface area contributed by atoms with Gasteiger partial charge in [-0.25, -0.2) is 4.39 Å². The number of nitrogens with one attached hydrogen (secondary N) is 1. The first kappa shape index (κ1) is 16.4. The number of alkyl halides is 3. The minimum atomic E-state index is -4.85. The van der Waals surface area contributed by atoms with Gasteiger partial charge in [-0.05, 0) is 12.1 Å². The first-order valence-corrected chi connectivity index (χ1v) is 5.98. The van der Waals surface area contributed by atoms with Crippen molar-refractivity contribution >= 4 is 23.1 Å². The fraction of sp³-hybridized carbons (Fsp3) is 0.333. The molecule has 0 spiro atoms. The highest BCUT2D eigenvalue weighted by Gasteiger charge is 2.35. The van der Waals surface area contributed by atoms with Crippen molar-refractivity contribution in [2.75, 3.05) is 6.54 Å². The predicted molar refractivity (Wildman–Crippen MR) is 69.7 cm³/mol. The molecule has 110 valence electrons. The van der Waals surface area contributed by atoms with E-state index >= 15 is 0 Å². The Labute approximate surface area is 118 Å². The van der Waals surface area contributed by atoms with Crippen LogP contribution in [0.4, 0.5) is 17.6 Å². The molecule has 20 heavy (non-hydrogen) atoms. The van der Waals surface area contributed by atoms with Crippen molar-refractivity contribution in [1.82, 2.24) is 5.32 Å². The summed E-state index contributed by atoms with van der Waals surface area (Å²) in [5.74, 6) is -2.89. The highest BCUT2D eigenvalue weighted by atomic mass is 32.1. The van der Waals surface area contributed by atoms with Crippen LogP contribution >= 0.6 is 12.2 Å². The zero-order valence-corrected chi connectivity index (χ0v) is 11.2. The van der Waals surface area contributed by atoms with Crippen molar-refractivity contribution in [2.45, 2.75) is 13.1 Å². The monoisotopic (exact) mass is 308 g/mol. The lowest BCUT2D eigenvalue weighted by atomic mass is 10.1. The normalized spacial score (nSPS) is 12.8. The molecule has 0 aromatic heterocycles. The summed E-state index contributed by atoms with van der Waals surface area (Å²) in [4.78, 5) is 11.8.